The van der Waals surface area contributed by atoms with Gasteiger partial charge in [-0.25, -0.2) is 0 Å². The molecule has 2 nitrogen and oxygen atoms in total. The normalized spacial score (nSPS) is 26.2. The molecule has 0 aromatic heterocycles. The maximum absolute atomic E-state index is 3.79. The van der Waals surface area contributed by atoms with E-state index < -0.39 is 0 Å². The molecule has 1 aliphatic carbocycles. The van der Waals surface area contributed by atoms with E-state index in [1.807, 2.05) is 0 Å². The molecular formula is C16H32N2. The second-order valence-corrected chi connectivity index (χ2v) is 6.54. The fourth-order valence-electron chi connectivity index (χ4n) is 3.61. The molecule has 0 spiro atoms. The smallest absolute Gasteiger partial charge is 0.0331 e. The van der Waals surface area contributed by atoms with Crippen LogP contribution >= 0.6 is 0 Å². The Kier molecular flexibility index (Phi) is 5.08. The first kappa shape index (κ1) is 14.3. The molecular weight excluding hydrogens is 220 g/mol. The van der Waals surface area contributed by atoms with Gasteiger partial charge < -0.3 is 5.32 Å². The zero-order chi connectivity index (χ0) is 13.0. The second-order valence-electron chi connectivity index (χ2n) is 6.54. The van der Waals surface area contributed by atoms with Crippen LogP contribution in [-0.4, -0.2) is 36.1 Å². The van der Waals surface area contributed by atoms with Gasteiger partial charge in [0.1, 0.15) is 0 Å². The highest BCUT2D eigenvalue weighted by Crippen LogP contribution is 2.37. The van der Waals surface area contributed by atoms with Gasteiger partial charge in [-0.05, 0) is 64.6 Å². The molecule has 0 aromatic rings. The van der Waals surface area contributed by atoms with E-state index in [2.05, 4.69) is 31.0 Å². The van der Waals surface area contributed by atoms with Crippen LogP contribution in [0.5, 0.6) is 0 Å². The molecule has 0 radical (unpaired) electrons. The van der Waals surface area contributed by atoms with Crippen molar-refractivity contribution in [1.29, 1.82) is 0 Å². The third-order valence-electron chi connectivity index (χ3n) is 5.31. The van der Waals surface area contributed by atoms with Gasteiger partial charge in [-0.15, -0.1) is 0 Å². The van der Waals surface area contributed by atoms with E-state index in [-0.39, 0.29) is 0 Å². The van der Waals surface area contributed by atoms with Crippen molar-refractivity contribution in [3.8, 4) is 0 Å². The van der Waals surface area contributed by atoms with Crippen LogP contribution in [0.4, 0.5) is 0 Å². The molecule has 1 aliphatic heterocycles. The summed E-state index contributed by atoms with van der Waals surface area (Å²) >= 11 is 0. The molecule has 2 rings (SSSR count). The van der Waals surface area contributed by atoms with Crippen molar-refractivity contribution in [3.63, 3.8) is 0 Å². The van der Waals surface area contributed by atoms with Gasteiger partial charge in [-0.3, -0.25) is 4.90 Å². The molecule has 2 aliphatic rings. The lowest BCUT2D eigenvalue weighted by molar-refractivity contribution is 0.0794. The number of nitrogens with zero attached hydrogens (tertiary/aromatic N) is 1. The zero-order valence-electron chi connectivity index (χ0n) is 12.7. The molecule has 2 atom stereocenters. The van der Waals surface area contributed by atoms with Gasteiger partial charge in [0.15, 0.2) is 0 Å². The van der Waals surface area contributed by atoms with Crippen molar-refractivity contribution in [3.05, 3.63) is 0 Å². The Hall–Kier alpha value is -0.0800. The van der Waals surface area contributed by atoms with E-state index in [4.69, 9.17) is 0 Å². The molecule has 0 bridgehead atoms. The van der Waals surface area contributed by atoms with Crippen LogP contribution in [0.2, 0.25) is 0 Å². The predicted molar refractivity (Wildman–Crippen MR) is 78.9 cm³/mol. The van der Waals surface area contributed by atoms with E-state index >= 15 is 0 Å². The number of hydrogen-bond donors (Lipinski definition) is 1. The fraction of sp³-hybridized carbons (Fsp3) is 1.00. The molecule has 106 valence electrons. The highest BCUT2D eigenvalue weighted by Gasteiger charge is 2.39. The third kappa shape index (κ3) is 3.27. The molecule has 2 fully saturated rings. The topological polar surface area (TPSA) is 15.3 Å². The maximum atomic E-state index is 3.79. The average Bonchev–Trinajstić information content (AvgIpc) is 3.04. The van der Waals surface area contributed by atoms with E-state index in [9.17, 15) is 0 Å². The number of likely N-dealkylation sites (tertiary alicyclic amines) is 1. The SMILES string of the molecule is CCNC(CCC1CC1)C(C)(CC)N1CCCC1. The Labute approximate surface area is 114 Å². The van der Waals surface area contributed by atoms with Gasteiger partial charge in [0.05, 0.1) is 0 Å². The van der Waals surface area contributed by atoms with E-state index in [1.165, 1.54) is 58.0 Å². The van der Waals surface area contributed by atoms with Gasteiger partial charge in [0, 0.05) is 11.6 Å². The number of likely N-dealkylation sites (N-methyl/N-ethyl adjacent to an activating group) is 1. The summed E-state index contributed by atoms with van der Waals surface area (Å²) in [6.45, 7) is 10.9. The quantitative estimate of drug-likeness (QED) is 0.712. The van der Waals surface area contributed by atoms with Crippen LogP contribution in [-0.2, 0) is 0 Å². The summed E-state index contributed by atoms with van der Waals surface area (Å²) in [6, 6.07) is 0.686. The number of hydrogen-bond acceptors (Lipinski definition) is 2. The van der Waals surface area contributed by atoms with E-state index in [0.29, 0.717) is 11.6 Å². The van der Waals surface area contributed by atoms with Gasteiger partial charge in [-0.2, -0.15) is 0 Å². The molecule has 1 saturated heterocycles. The fourth-order valence-corrected chi connectivity index (χ4v) is 3.61. The minimum absolute atomic E-state index is 0.376. The molecule has 0 amide bonds. The third-order valence-corrected chi connectivity index (χ3v) is 5.31. The predicted octanol–water partition coefficient (Wildman–Crippen LogP) is 3.42. The van der Waals surface area contributed by atoms with Gasteiger partial charge in [-0.1, -0.05) is 26.7 Å². The van der Waals surface area contributed by atoms with Crippen LogP contribution in [0.1, 0.15) is 65.7 Å². The average molecular weight is 252 g/mol. The Bertz CT molecular complexity index is 243. The Morgan fingerprint density at radius 3 is 2.39 bits per heavy atom. The van der Waals surface area contributed by atoms with Crippen molar-refractivity contribution in [2.45, 2.75) is 77.3 Å². The van der Waals surface area contributed by atoms with Crippen molar-refractivity contribution in [2.75, 3.05) is 19.6 Å². The summed E-state index contributed by atoms with van der Waals surface area (Å²) < 4.78 is 0. The molecule has 2 heteroatoms. The maximum Gasteiger partial charge on any atom is 0.0331 e. The largest absolute Gasteiger partial charge is 0.312 e. The lowest BCUT2D eigenvalue weighted by atomic mass is 9.84. The monoisotopic (exact) mass is 252 g/mol. The summed E-state index contributed by atoms with van der Waals surface area (Å²) in [7, 11) is 0. The molecule has 1 N–H and O–H groups in total. The standard InChI is InChI=1S/C16H32N2/c1-4-16(3,18-12-6-7-13-18)15(17-5-2)11-10-14-8-9-14/h14-15,17H,4-13H2,1-3H3. The first-order chi connectivity index (χ1) is 8.70. The molecule has 2 unspecified atom stereocenters. The zero-order valence-corrected chi connectivity index (χ0v) is 12.7. The lowest BCUT2D eigenvalue weighted by Crippen LogP contribution is -2.58. The Balaban J connectivity index is 1.97. The first-order valence-corrected chi connectivity index (χ1v) is 8.19. The minimum Gasteiger partial charge on any atom is -0.312 e. The highest BCUT2D eigenvalue weighted by atomic mass is 15.2. The molecule has 18 heavy (non-hydrogen) atoms. The van der Waals surface area contributed by atoms with Crippen LogP contribution in [0.15, 0.2) is 0 Å². The Morgan fingerprint density at radius 1 is 1.22 bits per heavy atom. The molecule has 1 saturated carbocycles. The van der Waals surface area contributed by atoms with Crippen LogP contribution in [0.3, 0.4) is 0 Å². The first-order valence-electron chi connectivity index (χ1n) is 8.19. The summed E-state index contributed by atoms with van der Waals surface area (Å²) in [5.41, 5.74) is 0.376. The second kappa shape index (κ2) is 6.38. The summed E-state index contributed by atoms with van der Waals surface area (Å²) in [4.78, 5) is 2.76. The van der Waals surface area contributed by atoms with Crippen molar-refractivity contribution in [1.82, 2.24) is 10.2 Å². The van der Waals surface area contributed by atoms with E-state index in [1.54, 1.807) is 0 Å². The summed E-state index contributed by atoms with van der Waals surface area (Å²) in [5.74, 6) is 1.06. The van der Waals surface area contributed by atoms with Gasteiger partial charge in [0.25, 0.3) is 0 Å². The van der Waals surface area contributed by atoms with Crippen LogP contribution in [0.25, 0.3) is 0 Å². The Morgan fingerprint density at radius 2 is 1.89 bits per heavy atom. The van der Waals surface area contributed by atoms with Crippen molar-refractivity contribution < 1.29 is 0 Å². The lowest BCUT2D eigenvalue weighted by Gasteiger charge is -2.45. The summed E-state index contributed by atoms with van der Waals surface area (Å²) in [5, 5.41) is 3.79. The number of rotatable bonds is 8. The van der Waals surface area contributed by atoms with E-state index in [0.717, 1.165) is 12.5 Å². The van der Waals surface area contributed by atoms with Crippen molar-refractivity contribution in [2.24, 2.45) is 5.92 Å². The minimum atomic E-state index is 0.376. The van der Waals surface area contributed by atoms with Crippen LogP contribution < -0.4 is 5.32 Å². The highest BCUT2D eigenvalue weighted by molar-refractivity contribution is 4.98. The van der Waals surface area contributed by atoms with Crippen LogP contribution in [0, 0.1) is 5.92 Å². The molecule has 1 heterocycles. The van der Waals surface area contributed by atoms with Gasteiger partial charge >= 0.3 is 0 Å². The van der Waals surface area contributed by atoms with Gasteiger partial charge in [0.2, 0.25) is 0 Å². The van der Waals surface area contributed by atoms with Crippen molar-refractivity contribution >= 4 is 0 Å². The number of nitrogens with one attached hydrogen (secondary N) is 1. The summed E-state index contributed by atoms with van der Waals surface area (Å²) in [6.07, 6.45) is 9.88. The molecule has 0 aromatic carbocycles.